The quantitative estimate of drug-likeness (QED) is 0.702. The average molecular weight is 246 g/mol. The molecule has 0 saturated heterocycles. The lowest BCUT2D eigenvalue weighted by Crippen LogP contribution is -2.06. The topological polar surface area (TPSA) is 26.3 Å². The SMILES string of the molecule is CCOc1ccccc1C(=O)CCC1CCCC1. The summed E-state index contributed by atoms with van der Waals surface area (Å²) < 4.78 is 5.51. The second kappa shape index (κ2) is 6.58. The molecule has 1 aromatic rings. The zero-order chi connectivity index (χ0) is 12.8. The zero-order valence-corrected chi connectivity index (χ0v) is 11.2. The third kappa shape index (κ3) is 3.34. The number of hydrogen-bond acceptors (Lipinski definition) is 2. The van der Waals surface area contributed by atoms with Crippen molar-refractivity contribution in [2.75, 3.05) is 6.61 Å². The van der Waals surface area contributed by atoms with E-state index in [2.05, 4.69) is 0 Å². The number of Topliss-reactive ketones (excluding diaryl/α,β-unsaturated/α-hetero) is 1. The van der Waals surface area contributed by atoms with E-state index in [0.29, 0.717) is 13.0 Å². The van der Waals surface area contributed by atoms with Gasteiger partial charge in [-0.05, 0) is 31.4 Å². The molecule has 2 rings (SSSR count). The van der Waals surface area contributed by atoms with Gasteiger partial charge in [-0.3, -0.25) is 4.79 Å². The van der Waals surface area contributed by atoms with Gasteiger partial charge in [0.15, 0.2) is 5.78 Å². The summed E-state index contributed by atoms with van der Waals surface area (Å²) in [6, 6.07) is 7.58. The van der Waals surface area contributed by atoms with E-state index in [1.54, 1.807) is 0 Å². The maximum Gasteiger partial charge on any atom is 0.166 e. The van der Waals surface area contributed by atoms with Crippen LogP contribution in [0.2, 0.25) is 0 Å². The van der Waals surface area contributed by atoms with Crippen LogP contribution in [0.1, 0.15) is 55.8 Å². The Morgan fingerprint density at radius 3 is 2.72 bits per heavy atom. The molecule has 18 heavy (non-hydrogen) atoms. The lowest BCUT2D eigenvalue weighted by Gasteiger charge is -2.11. The Morgan fingerprint density at radius 1 is 1.28 bits per heavy atom. The van der Waals surface area contributed by atoms with Crippen LogP contribution in [0.3, 0.4) is 0 Å². The molecule has 0 aliphatic heterocycles. The second-order valence-electron chi connectivity index (χ2n) is 5.04. The number of carbonyl (C=O) groups excluding carboxylic acids is 1. The van der Waals surface area contributed by atoms with Crippen molar-refractivity contribution in [2.24, 2.45) is 5.92 Å². The molecule has 0 atom stereocenters. The predicted octanol–water partition coefficient (Wildman–Crippen LogP) is 4.24. The highest BCUT2D eigenvalue weighted by atomic mass is 16.5. The Kier molecular flexibility index (Phi) is 4.80. The molecule has 1 fully saturated rings. The average Bonchev–Trinajstić information content (AvgIpc) is 2.90. The first kappa shape index (κ1) is 13.1. The van der Waals surface area contributed by atoms with E-state index in [-0.39, 0.29) is 5.78 Å². The van der Waals surface area contributed by atoms with Crippen LogP contribution in [0, 0.1) is 5.92 Å². The van der Waals surface area contributed by atoms with E-state index in [1.165, 1.54) is 25.7 Å². The Labute approximate surface area is 109 Å². The van der Waals surface area contributed by atoms with Gasteiger partial charge < -0.3 is 4.74 Å². The maximum atomic E-state index is 12.2. The summed E-state index contributed by atoms with van der Waals surface area (Å²) in [6.45, 7) is 2.55. The smallest absolute Gasteiger partial charge is 0.166 e. The molecule has 0 bridgehead atoms. The minimum Gasteiger partial charge on any atom is -0.493 e. The van der Waals surface area contributed by atoms with Gasteiger partial charge in [0.25, 0.3) is 0 Å². The maximum absolute atomic E-state index is 12.2. The first-order chi connectivity index (χ1) is 8.81. The number of ketones is 1. The molecule has 2 heteroatoms. The van der Waals surface area contributed by atoms with Gasteiger partial charge in [-0.25, -0.2) is 0 Å². The standard InChI is InChI=1S/C16H22O2/c1-2-18-16-10-6-5-9-14(16)15(17)12-11-13-7-3-4-8-13/h5-6,9-10,13H,2-4,7-8,11-12H2,1H3. The molecule has 0 N–H and O–H groups in total. The number of hydrogen-bond donors (Lipinski definition) is 0. The van der Waals surface area contributed by atoms with Gasteiger partial charge in [0, 0.05) is 6.42 Å². The van der Waals surface area contributed by atoms with E-state index in [1.807, 2.05) is 31.2 Å². The van der Waals surface area contributed by atoms with E-state index in [0.717, 1.165) is 23.7 Å². The largest absolute Gasteiger partial charge is 0.493 e. The highest BCUT2D eigenvalue weighted by Crippen LogP contribution is 2.29. The summed E-state index contributed by atoms with van der Waals surface area (Å²) in [5.74, 6) is 1.73. The molecule has 1 aliphatic rings. The van der Waals surface area contributed by atoms with Crippen molar-refractivity contribution in [1.82, 2.24) is 0 Å². The van der Waals surface area contributed by atoms with Gasteiger partial charge in [-0.2, -0.15) is 0 Å². The Morgan fingerprint density at radius 2 is 2.00 bits per heavy atom. The van der Waals surface area contributed by atoms with Crippen LogP contribution >= 0.6 is 0 Å². The van der Waals surface area contributed by atoms with Crippen molar-refractivity contribution in [3.05, 3.63) is 29.8 Å². The van der Waals surface area contributed by atoms with Gasteiger partial charge in [0.1, 0.15) is 5.75 Å². The molecule has 0 unspecified atom stereocenters. The molecule has 1 aliphatic carbocycles. The van der Waals surface area contributed by atoms with Crippen molar-refractivity contribution in [2.45, 2.75) is 45.4 Å². The second-order valence-corrected chi connectivity index (χ2v) is 5.04. The highest BCUT2D eigenvalue weighted by Gasteiger charge is 2.18. The molecular formula is C16H22O2. The third-order valence-corrected chi connectivity index (χ3v) is 3.74. The molecule has 0 spiro atoms. The van der Waals surface area contributed by atoms with Crippen molar-refractivity contribution in [3.8, 4) is 5.75 Å². The summed E-state index contributed by atoms with van der Waals surface area (Å²) in [5.41, 5.74) is 0.748. The number of carbonyl (C=O) groups is 1. The first-order valence-electron chi connectivity index (χ1n) is 7.06. The fourth-order valence-corrected chi connectivity index (χ4v) is 2.75. The highest BCUT2D eigenvalue weighted by molar-refractivity contribution is 5.98. The molecular weight excluding hydrogens is 224 g/mol. The molecule has 98 valence electrons. The van der Waals surface area contributed by atoms with Crippen LogP contribution in [-0.4, -0.2) is 12.4 Å². The predicted molar refractivity (Wildman–Crippen MR) is 73.1 cm³/mol. The zero-order valence-electron chi connectivity index (χ0n) is 11.2. The fraction of sp³-hybridized carbons (Fsp3) is 0.562. The Hall–Kier alpha value is -1.31. The van der Waals surface area contributed by atoms with Gasteiger partial charge in [-0.1, -0.05) is 37.8 Å². The number of ether oxygens (including phenoxy) is 1. The van der Waals surface area contributed by atoms with Crippen LogP contribution in [-0.2, 0) is 0 Å². The van der Waals surface area contributed by atoms with Gasteiger partial charge in [-0.15, -0.1) is 0 Å². The van der Waals surface area contributed by atoms with Gasteiger partial charge in [0.2, 0.25) is 0 Å². The molecule has 1 aromatic carbocycles. The molecule has 1 saturated carbocycles. The third-order valence-electron chi connectivity index (χ3n) is 3.74. The minimum absolute atomic E-state index is 0.228. The van der Waals surface area contributed by atoms with Crippen LogP contribution in [0.4, 0.5) is 0 Å². The minimum atomic E-state index is 0.228. The fourth-order valence-electron chi connectivity index (χ4n) is 2.75. The van der Waals surface area contributed by atoms with E-state index < -0.39 is 0 Å². The molecule has 0 radical (unpaired) electrons. The molecule has 0 amide bonds. The van der Waals surface area contributed by atoms with Gasteiger partial charge >= 0.3 is 0 Å². The summed E-state index contributed by atoms with van der Waals surface area (Å²) in [5, 5.41) is 0. The van der Waals surface area contributed by atoms with E-state index in [9.17, 15) is 4.79 Å². The number of benzene rings is 1. The number of rotatable bonds is 6. The lowest BCUT2D eigenvalue weighted by molar-refractivity contribution is 0.0970. The van der Waals surface area contributed by atoms with Crippen molar-refractivity contribution in [3.63, 3.8) is 0 Å². The summed E-state index contributed by atoms with van der Waals surface area (Å²) in [7, 11) is 0. The van der Waals surface area contributed by atoms with Crippen LogP contribution in [0.25, 0.3) is 0 Å². The van der Waals surface area contributed by atoms with Crippen molar-refractivity contribution >= 4 is 5.78 Å². The van der Waals surface area contributed by atoms with Crippen LogP contribution < -0.4 is 4.74 Å². The normalized spacial score (nSPS) is 15.8. The van der Waals surface area contributed by atoms with E-state index in [4.69, 9.17) is 4.74 Å². The first-order valence-corrected chi connectivity index (χ1v) is 7.06. The summed E-state index contributed by atoms with van der Waals surface area (Å²) >= 11 is 0. The molecule has 0 heterocycles. The van der Waals surface area contributed by atoms with Crippen molar-refractivity contribution < 1.29 is 9.53 Å². The summed E-state index contributed by atoms with van der Waals surface area (Å²) in [4.78, 5) is 12.2. The molecule has 2 nitrogen and oxygen atoms in total. The lowest BCUT2D eigenvalue weighted by atomic mass is 9.97. The van der Waals surface area contributed by atoms with Crippen LogP contribution in [0.15, 0.2) is 24.3 Å². The Bertz CT molecular complexity index is 392. The van der Waals surface area contributed by atoms with Crippen molar-refractivity contribution in [1.29, 1.82) is 0 Å². The Balaban J connectivity index is 1.94. The van der Waals surface area contributed by atoms with Crippen LogP contribution in [0.5, 0.6) is 5.75 Å². The number of para-hydroxylation sites is 1. The monoisotopic (exact) mass is 246 g/mol. The molecule has 0 aromatic heterocycles. The van der Waals surface area contributed by atoms with Gasteiger partial charge in [0.05, 0.1) is 12.2 Å². The summed E-state index contributed by atoms with van der Waals surface area (Å²) in [6.07, 6.45) is 7.00. The van der Waals surface area contributed by atoms with E-state index >= 15 is 0 Å².